The summed E-state index contributed by atoms with van der Waals surface area (Å²) in [5.41, 5.74) is 0.595. The second kappa shape index (κ2) is 7.85. The highest BCUT2D eigenvalue weighted by Gasteiger charge is 2.28. The molecule has 1 amide bonds. The van der Waals surface area contributed by atoms with Crippen molar-refractivity contribution in [2.24, 2.45) is 5.92 Å². The first-order valence-electron chi connectivity index (χ1n) is 6.58. The zero-order chi connectivity index (χ0) is 13.7. The largest absolute Gasteiger partial charge is 0.466 e. The van der Waals surface area contributed by atoms with E-state index in [2.05, 4.69) is 4.98 Å². The van der Waals surface area contributed by atoms with Crippen molar-refractivity contribution in [2.45, 2.75) is 19.8 Å². The number of halogens is 1. The van der Waals surface area contributed by atoms with E-state index in [4.69, 9.17) is 4.74 Å². The molecule has 20 heavy (non-hydrogen) atoms. The number of aromatic nitrogens is 1. The van der Waals surface area contributed by atoms with Gasteiger partial charge in [-0.15, -0.1) is 12.4 Å². The van der Waals surface area contributed by atoms with E-state index >= 15 is 0 Å². The molecular formula is C14H19ClN2O3. The lowest BCUT2D eigenvalue weighted by Gasteiger charge is -2.30. The van der Waals surface area contributed by atoms with Gasteiger partial charge < -0.3 is 9.64 Å². The Kier molecular flexibility index (Phi) is 6.45. The molecular weight excluding hydrogens is 280 g/mol. The molecule has 0 unspecified atom stereocenters. The van der Waals surface area contributed by atoms with Gasteiger partial charge in [-0.2, -0.15) is 0 Å². The van der Waals surface area contributed by atoms with E-state index in [9.17, 15) is 9.59 Å². The molecule has 0 aliphatic carbocycles. The predicted octanol–water partition coefficient (Wildman–Crippen LogP) is 1.92. The van der Waals surface area contributed by atoms with Crippen LogP contribution < -0.4 is 0 Å². The third kappa shape index (κ3) is 3.93. The van der Waals surface area contributed by atoms with Gasteiger partial charge in [0.15, 0.2) is 0 Å². The highest BCUT2D eigenvalue weighted by atomic mass is 35.5. The number of carbonyl (C=O) groups is 2. The Bertz CT molecular complexity index is 445. The Balaban J connectivity index is 0.00000200. The van der Waals surface area contributed by atoms with Gasteiger partial charge in [0.25, 0.3) is 5.91 Å². The van der Waals surface area contributed by atoms with Gasteiger partial charge in [-0.1, -0.05) is 0 Å². The summed E-state index contributed by atoms with van der Waals surface area (Å²) in [4.78, 5) is 29.5. The summed E-state index contributed by atoms with van der Waals surface area (Å²) in [5.74, 6) is -0.232. The van der Waals surface area contributed by atoms with Gasteiger partial charge in [0.05, 0.1) is 18.1 Å². The molecule has 1 fully saturated rings. The minimum absolute atomic E-state index is 0. The van der Waals surface area contributed by atoms with E-state index < -0.39 is 0 Å². The molecule has 6 heteroatoms. The summed E-state index contributed by atoms with van der Waals surface area (Å²) >= 11 is 0. The maximum absolute atomic E-state index is 12.2. The van der Waals surface area contributed by atoms with Crippen molar-refractivity contribution in [3.8, 4) is 0 Å². The van der Waals surface area contributed by atoms with E-state index in [0.717, 1.165) is 0 Å². The molecule has 2 rings (SSSR count). The number of piperidine rings is 1. The highest BCUT2D eigenvalue weighted by Crippen LogP contribution is 2.20. The number of hydrogen-bond donors (Lipinski definition) is 0. The van der Waals surface area contributed by atoms with Crippen LogP contribution in [-0.2, 0) is 9.53 Å². The molecule has 0 atom stereocenters. The average molecular weight is 299 g/mol. The summed E-state index contributed by atoms with van der Waals surface area (Å²) in [6.45, 7) is 3.40. The van der Waals surface area contributed by atoms with E-state index in [1.807, 2.05) is 0 Å². The molecule has 1 saturated heterocycles. The Hall–Kier alpha value is -1.62. The van der Waals surface area contributed by atoms with Gasteiger partial charge in [0, 0.05) is 25.5 Å². The SMILES string of the molecule is CCOC(=O)C1CCN(C(=O)c2cccnc2)CC1.Cl. The molecule has 2 heterocycles. The quantitative estimate of drug-likeness (QED) is 0.800. The number of rotatable bonds is 3. The second-order valence-electron chi connectivity index (χ2n) is 4.56. The van der Waals surface area contributed by atoms with Gasteiger partial charge in [0.2, 0.25) is 0 Å². The van der Waals surface area contributed by atoms with E-state index in [-0.39, 0.29) is 30.2 Å². The van der Waals surface area contributed by atoms with Gasteiger partial charge in [-0.05, 0) is 31.9 Å². The number of carbonyl (C=O) groups excluding carboxylic acids is 2. The molecule has 0 radical (unpaired) electrons. The molecule has 0 N–H and O–H groups in total. The van der Waals surface area contributed by atoms with E-state index in [0.29, 0.717) is 38.1 Å². The van der Waals surface area contributed by atoms with Gasteiger partial charge in [-0.25, -0.2) is 0 Å². The van der Waals surface area contributed by atoms with Crippen LogP contribution in [0.4, 0.5) is 0 Å². The molecule has 0 saturated carbocycles. The second-order valence-corrected chi connectivity index (χ2v) is 4.56. The zero-order valence-corrected chi connectivity index (χ0v) is 12.3. The van der Waals surface area contributed by atoms with Crippen LogP contribution in [0, 0.1) is 5.92 Å². The maximum Gasteiger partial charge on any atom is 0.309 e. The van der Waals surface area contributed by atoms with Crippen LogP contribution in [0.15, 0.2) is 24.5 Å². The van der Waals surface area contributed by atoms with E-state index in [1.54, 1.807) is 36.4 Å². The molecule has 1 aromatic rings. The molecule has 110 valence electrons. The van der Waals surface area contributed by atoms with E-state index in [1.165, 1.54) is 0 Å². The first kappa shape index (κ1) is 16.4. The molecule has 0 bridgehead atoms. The van der Waals surface area contributed by atoms with Crippen LogP contribution in [0.5, 0.6) is 0 Å². The normalized spacial score (nSPS) is 15.3. The molecule has 1 aliphatic rings. The number of esters is 1. The highest BCUT2D eigenvalue weighted by molar-refractivity contribution is 5.94. The van der Waals surface area contributed by atoms with Crippen molar-refractivity contribution in [1.29, 1.82) is 0 Å². The first-order valence-corrected chi connectivity index (χ1v) is 6.58. The van der Waals surface area contributed by atoms with Crippen molar-refractivity contribution in [2.75, 3.05) is 19.7 Å². The van der Waals surface area contributed by atoms with Gasteiger partial charge >= 0.3 is 5.97 Å². The van der Waals surface area contributed by atoms with Gasteiger partial charge in [0.1, 0.15) is 0 Å². The average Bonchev–Trinajstić information content (AvgIpc) is 2.48. The van der Waals surface area contributed by atoms with Gasteiger partial charge in [-0.3, -0.25) is 14.6 Å². The summed E-state index contributed by atoms with van der Waals surface area (Å²) in [6.07, 6.45) is 4.55. The zero-order valence-electron chi connectivity index (χ0n) is 11.4. The maximum atomic E-state index is 12.2. The molecule has 5 nitrogen and oxygen atoms in total. The number of amides is 1. The first-order chi connectivity index (χ1) is 9.22. The van der Waals surface area contributed by atoms with Crippen molar-refractivity contribution in [3.63, 3.8) is 0 Å². The Morgan fingerprint density at radius 3 is 2.65 bits per heavy atom. The monoisotopic (exact) mass is 298 g/mol. The van der Waals surface area contributed by atoms with Crippen LogP contribution >= 0.6 is 12.4 Å². The lowest BCUT2D eigenvalue weighted by molar-refractivity contribution is -0.149. The molecule has 0 aromatic carbocycles. The van der Waals surface area contributed by atoms with Crippen LogP contribution in [-0.4, -0.2) is 41.5 Å². The standard InChI is InChI=1S/C14H18N2O3.ClH/c1-2-19-14(18)11-5-8-16(9-6-11)13(17)12-4-3-7-15-10-12;/h3-4,7,10-11H,2,5-6,8-9H2,1H3;1H. The molecule has 1 aliphatic heterocycles. The predicted molar refractivity (Wildman–Crippen MR) is 76.7 cm³/mol. The van der Waals surface area contributed by atoms with Crippen LogP contribution in [0.1, 0.15) is 30.1 Å². The minimum Gasteiger partial charge on any atom is -0.466 e. The fraction of sp³-hybridized carbons (Fsp3) is 0.500. The van der Waals surface area contributed by atoms with Crippen molar-refractivity contribution >= 4 is 24.3 Å². The third-order valence-corrected chi connectivity index (χ3v) is 3.31. The number of ether oxygens (including phenoxy) is 1. The number of nitrogens with zero attached hydrogens (tertiary/aromatic N) is 2. The van der Waals surface area contributed by atoms with Crippen molar-refractivity contribution in [3.05, 3.63) is 30.1 Å². The van der Waals surface area contributed by atoms with Crippen molar-refractivity contribution < 1.29 is 14.3 Å². The smallest absolute Gasteiger partial charge is 0.309 e. The third-order valence-electron chi connectivity index (χ3n) is 3.31. The number of likely N-dealkylation sites (tertiary alicyclic amines) is 1. The topological polar surface area (TPSA) is 59.5 Å². The van der Waals surface area contributed by atoms with Crippen molar-refractivity contribution in [1.82, 2.24) is 9.88 Å². The Morgan fingerprint density at radius 2 is 2.10 bits per heavy atom. The lowest BCUT2D eigenvalue weighted by atomic mass is 9.96. The summed E-state index contributed by atoms with van der Waals surface area (Å²) in [7, 11) is 0. The fourth-order valence-corrected chi connectivity index (χ4v) is 2.25. The minimum atomic E-state index is -0.143. The van der Waals surface area contributed by atoms with Crippen LogP contribution in [0.2, 0.25) is 0 Å². The molecule has 0 spiro atoms. The summed E-state index contributed by atoms with van der Waals surface area (Å²) in [6, 6.07) is 3.51. The number of hydrogen-bond acceptors (Lipinski definition) is 4. The summed E-state index contributed by atoms with van der Waals surface area (Å²) < 4.78 is 5.01. The van der Waals surface area contributed by atoms with Crippen LogP contribution in [0.25, 0.3) is 0 Å². The fourth-order valence-electron chi connectivity index (χ4n) is 2.25. The lowest BCUT2D eigenvalue weighted by Crippen LogP contribution is -2.40. The number of pyridine rings is 1. The Labute approximate surface area is 124 Å². The van der Waals surface area contributed by atoms with Crippen LogP contribution in [0.3, 0.4) is 0 Å². The summed E-state index contributed by atoms with van der Waals surface area (Å²) in [5, 5.41) is 0. The molecule has 1 aromatic heterocycles. The Morgan fingerprint density at radius 1 is 1.40 bits per heavy atom.